The Labute approximate surface area is 99.7 Å². The third-order valence-corrected chi connectivity index (χ3v) is 3.15. The maximum Gasteiger partial charge on any atom is 0.200 e. The first-order chi connectivity index (χ1) is 8.38. The number of nitrogens with zero attached hydrogens (tertiary/aromatic N) is 4. The van der Waals surface area contributed by atoms with Gasteiger partial charge in [-0.2, -0.15) is 0 Å². The van der Waals surface area contributed by atoms with Crippen molar-refractivity contribution in [3.63, 3.8) is 0 Å². The van der Waals surface area contributed by atoms with E-state index >= 15 is 0 Å². The zero-order valence-electron chi connectivity index (χ0n) is 9.58. The molecule has 5 nitrogen and oxygen atoms in total. The molecule has 1 aliphatic heterocycles. The molecule has 0 bridgehead atoms. The molecule has 88 valence electrons. The van der Waals surface area contributed by atoms with Crippen LogP contribution in [0.5, 0.6) is 0 Å². The number of hydrogen-bond acceptors (Lipinski definition) is 4. The lowest BCUT2D eigenvalue weighted by Crippen LogP contribution is -2.25. The lowest BCUT2D eigenvalue weighted by molar-refractivity contribution is 0.370. The first kappa shape index (κ1) is 10.4. The van der Waals surface area contributed by atoms with Gasteiger partial charge in [0.05, 0.1) is 6.04 Å². The minimum absolute atomic E-state index is 0.295. The molecule has 3 rings (SSSR count). The molecule has 3 heterocycles. The fourth-order valence-corrected chi connectivity index (χ4v) is 2.26. The highest BCUT2D eigenvalue weighted by Crippen LogP contribution is 2.24. The van der Waals surface area contributed by atoms with Crippen molar-refractivity contribution in [3.05, 3.63) is 30.2 Å². The molecule has 0 spiro atoms. The minimum atomic E-state index is 0.295. The summed E-state index contributed by atoms with van der Waals surface area (Å²) < 4.78 is 1.98. The van der Waals surface area contributed by atoms with E-state index in [9.17, 15) is 0 Å². The Bertz CT molecular complexity index is 505. The Kier molecular flexibility index (Phi) is 2.60. The Morgan fingerprint density at radius 2 is 2.35 bits per heavy atom. The Morgan fingerprint density at radius 1 is 1.41 bits per heavy atom. The highest BCUT2D eigenvalue weighted by atomic mass is 15.4. The van der Waals surface area contributed by atoms with Crippen LogP contribution in [0, 0.1) is 0 Å². The van der Waals surface area contributed by atoms with Gasteiger partial charge in [0.2, 0.25) is 0 Å². The molecule has 0 saturated carbocycles. The lowest BCUT2D eigenvalue weighted by Gasteiger charge is -2.21. The molecule has 5 heteroatoms. The van der Waals surface area contributed by atoms with Crippen molar-refractivity contribution in [2.24, 2.45) is 5.73 Å². The highest BCUT2D eigenvalue weighted by Gasteiger charge is 2.22. The molecule has 0 amide bonds. The Morgan fingerprint density at radius 3 is 3.12 bits per heavy atom. The van der Waals surface area contributed by atoms with E-state index in [0.29, 0.717) is 18.4 Å². The standard InChI is InChI=1S/C12H15N5/c13-8-9-4-3-6-11-15-12(16-17(9)11)10-5-1-2-7-14-10/h1-2,5,7,9H,3-4,6,8,13H2. The van der Waals surface area contributed by atoms with Crippen LogP contribution in [0.4, 0.5) is 0 Å². The van der Waals surface area contributed by atoms with Crippen LogP contribution in [-0.2, 0) is 6.42 Å². The minimum Gasteiger partial charge on any atom is -0.328 e. The van der Waals surface area contributed by atoms with Gasteiger partial charge in [0.1, 0.15) is 11.5 Å². The maximum absolute atomic E-state index is 5.76. The molecule has 0 radical (unpaired) electrons. The van der Waals surface area contributed by atoms with Crippen molar-refractivity contribution >= 4 is 0 Å². The molecule has 1 atom stereocenters. The normalized spacial score (nSPS) is 19.0. The summed E-state index contributed by atoms with van der Waals surface area (Å²) in [4.78, 5) is 8.83. The summed E-state index contributed by atoms with van der Waals surface area (Å²) in [6, 6.07) is 6.06. The number of nitrogens with two attached hydrogens (primary N) is 1. The van der Waals surface area contributed by atoms with Crippen molar-refractivity contribution in [2.75, 3.05) is 6.54 Å². The molecular weight excluding hydrogens is 214 g/mol. The monoisotopic (exact) mass is 229 g/mol. The zero-order chi connectivity index (χ0) is 11.7. The van der Waals surface area contributed by atoms with Gasteiger partial charge >= 0.3 is 0 Å². The third kappa shape index (κ3) is 1.82. The molecule has 2 aromatic rings. The molecular formula is C12H15N5. The Balaban J connectivity index is 2.02. The summed E-state index contributed by atoms with van der Waals surface area (Å²) in [6.45, 7) is 0.623. The van der Waals surface area contributed by atoms with Crippen LogP contribution in [0.2, 0.25) is 0 Å². The highest BCUT2D eigenvalue weighted by molar-refractivity contribution is 5.47. The molecule has 2 aromatic heterocycles. The summed E-state index contributed by atoms with van der Waals surface area (Å²) in [7, 11) is 0. The van der Waals surface area contributed by atoms with E-state index in [4.69, 9.17) is 5.73 Å². The number of aryl methyl sites for hydroxylation is 1. The first-order valence-electron chi connectivity index (χ1n) is 5.95. The van der Waals surface area contributed by atoms with E-state index in [1.54, 1.807) is 6.20 Å². The third-order valence-electron chi connectivity index (χ3n) is 3.15. The van der Waals surface area contributed by atoms with E-state index < -0.39 is 0 Å². The van der Waals surface area contributed by atoms with Crippen molar-refractivity contribution in [1.82, 2.24) is 19.7 Å². The van der Waals surface area contributed by atoms with Gasteiger partial charge in [-0.25, -0.2) is 9.67 Å². The summed E-state index contributed by atoms with van der Waals surface area (Å²) in [5.41, 5.74) is 6.59. The van der Waals surface area contributed by atoms with Crippen LogP contribution in [0.1, 0.15) is 24.7 Å². The van der Waals surface area contributed by atoms with Gasteiger partial charge < -0.3 is 5.73 Å². The van der Waals surface area contributed by atoms with E-state index in [2.05, 4.69) is 15.1 Å². The zero-order valence-corrected chi connectivity index (χ0v) is 9.58. The van der Waals surface area contributed by atoms with Gasteiger partial charge in [-0.05, 0) is 25.0 Å². The fourth-order valence-electron chi connectivity index (χ4n) is 2.26. The number of rotatable bonds is 2. The number of pyridine rings is 1. The number of hydrogen-bond donors (Lipinski definition) is 1. The SMILES string of the molecule is NCC1CCCc2nc(-c3ccccn3)nn21. The second-order valence-electron chi connectivity index (χ2n) is 4.29. The summed E-state index contributed by atoms with van der Waals surface area (Å²) in [5, 5.41) is 4.54. The van der Waals surface area contributed by atoms with Gasteiger partial charge in [0.15, 0.2) is 5.82 Å². The summed E-state index contributed by atoms with van der Waals surface area (Å²) in [5.74, 6) is 1.74. The number of fused-ring (bicyclic) bond motifs is 1. The van der Waals surface area contributed by atoms with Gasteiger partial charge in [0, 0.05) is 19.2 Å². The number of aromatic nitrogens is 4. The first-order valence-corrected chi connectivity index (χ1v) is 5.95. The molecule has 1 unspecified atom stereocenters. The molecule has 0 saturated heterocycles. The van der Waals surface area contributed by atoms with Crippen molar-refractivity contribution in [1.29, 1.82) is 0 Å². The van der Waals surface area contributed by atoms with E-state index in [1.165, 1.54) is 0 Å². The van der Waals surface area contributed by atoms with E-state index in [1.807, 2.05) is 22.9 Å². The maximum atomic E-state index is 5.76. The van der Waals surface area contributed by atoms with Crippen LogP contribution >= 0.6 is 0 Å². The van der Waals surface area contributed by atoms with Crippen molar-refractivity contribution in [2.45, 2.75) is 25.3 Å². The van der Waals surface area contributed by atoms with E-state index in [-0.39, 0.29) is 0 Å². The van der Waals surface area contributed by atoms with Crippen LogP contribution in [0.25, 0.3) is 11.5 Å². The van der Waals surface area contributed by atoms with Gasteiger partial charge in [-0.15, -0.1) is 5.10 Å². The Hall–Kier alpha value is -1.75. The molecule has 2 N–H and O–H groups in total. The van der Waals surface area contributed by atoms with Crippen LogP contribution < -0.4 is 5.73 Å². The average Bonchev–Trinajstić information content (AvgIpc) is 2.83. The second kappa shape index (κ2) is 4.25. The van der Waals surface area contributed by atoms with Crippen molar-refractivity contribution < 1.29 is 0 Å². The smallest absolute Gasteiger partial charge is 0.200 e. The lowest BCUT2D eigenvalue weighted by atomic mass is 10.1. The van der Waals surface area contributed by atoms with Crippen LogP contribution in [-0.4, -0.2) is 26.3 Å². The predicted octanol–water partition coefficient (Wildman–Crippen LogP) is 1.18. The second-order valence-corrected chi connectivity index (χ2v) is 4.29. The van der Waals surface area contributed by atoms with Gasteiger partial charge in [0.25, 0.3) is 0 Å². The van der Waals surface area contributed by atoms with Gasteiger partial charge in [-0.1, -0.05) is 6.07 Å². The van der Waals surface area contributed by atoms with Gasteiger partial charge in [-0.3, -0.25) is 4.98 Å². The van der Waals surface area contributed by atoms with Crippen LogP contribution in [0.15, 0.2) is 24.4 Å². The van der Waals surface area contributed by atoms with Crippen molar-refractivity contribution in [3.8, 4) is 11.5 Å². The molecule has 1 aliphatic rings. The quantitative estimate of drug-likeness (QED) is 0.839. The van der Waals surface area contributed by atoms with E-state index in [0.717, 1.165) is 30.8 Å². The van der Waals surface area contributed by atoms with Crippen LogP contribution in [0.3, 0.4) is 0 Å². The fraction of sp³-hybridized carbons (Fsp3) is 0.417. The molecule has 17 heavy (non-hydrogen) atoms. The summed E-state index contributed by atoms with van der Waals surface area (Å²) in [6.07, 6.45) is 4.98. The predicted molar refractivity (Wildman–Crippen MR) is 64.3 cm³/mol. The average molecular weight is 229 g/mol. The molecule has 0 aromatic carbocycles. The molecule has 0 aliphatic carbocycles. The summed E-state index contributed by atoms with van der Waals surface area (Å²) >= 11 is 0. The topological polar surface area (TPSA) is 69.6 Å². The molecule has 0 fully saturated rings. The largest absolute Gasteiger partial charge is 0.328 e.